The van der Waals surface area contributed by atoms with Crippen LogP contribution in [0.4, 0.5) is 10.2 Å². The van der Waals surface area contributed by atoms with E-state index >= 15 is 0 Å². The predicted octanol–water partition coefficient (Wildman–Crippen LogP) is 3.28. The summed E-state index contributed by atoms with van der Waals surface area (Å²) in [4.78, 5) is 18.6. The Morgan fingerprint density at radius 1 is 1.19 bits per heavy atom. The number of anilines is 1. The Hall–Kier alpha value is -2.73. The fourth-order valence-corrected chi connectivity index (χ4v) is 4.95. The minimum absolute atomic E-state index is 0.134. The van der Waals surface area contributed by atoms with Crippen LogP contribution in [0.15, 0.2) is 46.4 Å². The lowest BCUT2D eigenvalue weighted by atomic mass is 10.2. The monoisotopic (exact) mass is 473 g/mol. The van der Waals surface area contributed by atoms with E-state index in [0.717, 1.165) is 16.6 Å². The zero-order valence-electron chi connectivity index (χ0n) is 17.0. The second-order valence-corrected chi connectivity index (χ2v) is 9.30. The molecule has 4 aromatic rings. The van der Waals surface area contributed by atoms with Crippen molar-refractivity contribution in [3.05, 3.63) is 58.4 Å². The molecule has 1 unspecified atom stereocenters. The molecule has 0 aliphatic carbocycles. The largest absolute Gasteiger partial charge is 0.609 e. The summed E-state index contributed by atoms with van der Waals surface area (Å²) in [6, 6.07) is 6.15. The standard InChI is InChI=1S/C21H20FN5O3S2/c22-15-3-1-14(2-4-15)10-30-18-9-23-19(26-20(18)27-5-7-29-8-6-27)13-32(28)21-24-16-11-31-12-17(16)25-21/h1-4,9,11-12H,5-8,10,13H2,(H,24,25). The van der Waals surface area contributed by atoms with Crippen LogP contribution in [0.25, 0.3) is 11.0 Å². The Morgan fingerprint density at radius 3 is 2.78 bits per heavy atom. The number of hydrogen-bond donors (Lipinski definition) is 1. The topological polar surface area (TPSA) is 99.2 Å². The number of ether oxygens (including phenoxy) is 2. The molecule has 1 fully saturated rings. The van der Waals surface area contributed by atoms with Gasteiger partial charge in [0.1, 0.15) is 17.9 Å². The van der Waals surface area contributed by atoms with Crippen LogP contribution >= 0.6 is 11.3 Å². The summed E-state index contributed by atoms with van der Waals surface area (Å²) in [5.41, 5.74) is 2.51. The average Bonchev–Trinajstić information content (AvgIpc) is 3.42. The zero-order valence-corrected chi connectivity index (χ0v) is 18.6. The Labute approximate surface area is 190 Å². The first-order valence-electron chi connectivity index (χ1n) is 10.0. The number of nitrogens with zero attached hydrogens (tertiary/aromatic N) is 4. The lowest BCUT2D eigenvalue weighted by Gasteiger charge is -2.29. The number of halogens is 1. The van der Waals surface area contributed by atoms with Gasteiger partial charge in [0.25, 0.3) is 0 Å². The van der Waals surface area contributed by atoms with E-state index in [9.17, 15) is 8.94 Å². The molecule has 0 bridgehead atoms. The quantitative estimate of drug-likeness (QED) is 0.411. The van der Waals surface area contributed by atoms with Gasteiger partial charge in [0.05, 0.1) is 24.9 Å². The van der Waals surface area contributed by atoms with Gasteiger partial charge in [0.2, 0.25) is 0 Å². The fraction of sp³-hybridized carbons (Fsp3) is 0.286. The Bertz CT molecular complexity index is 1170. The Morgan fingerprint density at radius 2 is 2.00 bits per heavy atom. The van der Waals surface area contributed by atoms with E-state index in [4.69, 9.17) is 9.47 Å². The summed E-state index contributed by atoms with van der Waals surface area (Å²) in [5, 5.41) is 4.26. The van der Waals surface area contributed by atoms with Gasteiger partial charge in [-0.3, -0.25) is 4.98 Å². The molecular weight excluding hydrogens is 453 g/mol. The number of rotatable bonds is 7. The third-order valence-corrected chi connectivity index (χ3v) is 6.86. The maximum atomic E-state index is 13.2. The molecule has 0 spiro atoms. The predicted molar refractivity (Wildman–Crippen MR) is 120 cm³/mol. The molecule has 1 aromatic carbocycles. The van der Waals surface area contributed by atoms with E-state index in [2.05, 4.69) is 24.8 Å². The van der Waals surface area contributed by atoms with E-state index in [0.29, 0.717) is 48.9 Å². The number of nitrogens with one attached hydrogen (secondary N) is 1. The molecule has 4 heterocycles. The van der Waals surface area contributed by atoms with Crippen molar-refractivity contribution in [3.8, 4) is 5.75 Å². The van der Waals surface area contributed by atoms with Crippen molar-refractivity contribution in [2.45, 2.75) is 17.5 Å². The number of morpholine rings is 1. The maximum Gasteiger partial charge on any atom is 0.322 e. The molecule has 11 heteroatoms. The van der Waals surface area contributed by atoms with Crippen molar-refractivity contribution in [3.63, 3.8) is 0 Å². The van der Waals surface area contributed by atoms with Gasteiger partial charge in [-0.2, -0.15) is 4.98 Å². The fourth-order valence-electron chi connectivity index (χ4n) is 3.33. The second-order valence-electron chi connectivity index (χ2n) is 7.19. The minimum Gasteiger partial charge on any atom is -0.609 e. The highest BCUT2D eigenvalue weighted by molar-refractivity contribution is 7.90. The maximum absolute atomic E-state index is 13.2. The van der Waals surface area contributed by atoms with Gasteiger partial charge in [0.15, 0.2) is 23.1 Å². The second kappa shape index (κ2) is 9.41. The number of imidazole rings is 1. The lowest BCUT2D eigenvalue weighted by Crippen LogP contribution is -2.37. The molecule has 1 aliphatic heterocycles. The summed E-state index contributed by atoms with van der Waals surface area (Å²) in [6.07, 6.45) is 1.61. The molecule has 0 amide bonds. The molecule has 8 nitrogen and oxygen atoms in total. The molecule has 1 saturated heterocycles. The van der Waals surface area contributed by atoms with Crippen LogP contribution in [0.5, 0.6) is 5.75 Å². The summed E-state index contributed by atoms with van der Waals surface area (Å²) in [7, 11) is 0. The highest BCUT2D eigenvalue weighted by Crippen LogP contribution is 2.28. The summed E-state index contributed by atoms with van der Waals surface area (Å²) >= 11 is 0.134. The first kappa shape index (κ1) is 21.1. The molecule has 0 radical (unpaired) electrons. The molecule has 1 aliphatic rings. The third kappa shape index (κ3) is 4.70. The molecule has 3 aromatic heterocycles. The van der Waals surface area contributed by atoms with Crippen molar-refractivity contribution < 1.29 is 18.4 Å². The van der Waals surface area contributed by atoms with Crippen molar-refractivity contribution in [2.24, 2.45) is 0 Å². The van der Waals surface area contributed by atoms with Gasteiger partial charge in [0, 0.05) is 35.0 Å². The minimum atomic E-state index is -1.41. The van der Waals surface area contributed by atoms with Crippen molar-refractivity contribution in [1.29, 1.82) is 0 Å². The zero-order chi connectivity index (χ0) is 21.9. The summed E-state index contributed by atoms with van der Waals surface area (Å²) in [6.45, 7) is 2.77. The van der Waals surface area contributed by atoms with Gasteiger partial charge < -0.3 is 18.9 Å². The van der Waals surface area contributed by atoms with Crippen LogP contribution in [0.1, 0.15) is 11.4 Å². The molecule has 5 rings (SSSR count). The third-order valence-electron chi connectivity index (χ3n) is 4.99. The van der Waals surface area contributed by atoms with Crippen molar-refractivity contribution in [1.82, 2.24) is 19.9 Å². The molecule has 1 atom stereocenters. The van der Waals surface area contributed by atoms with E-state index in [-0.39, 0.29) is 18.2 Å². The van der Waals surface area contributed by atoms with E-state index in [1.54, 1.807) is 29.7 Å². The SMILES string of the molecule is [O-][S+](Cc1ncc(OCc2ccc(F)cc2)c(N2CCOCC2)n1)c1nc2cscc2[nH]1. The van der Waals surface area contributed by atoms with E-state index in [1.807, 2.05) is 10.8 Å². The van der Waals surface area contributed by atoms with Crippen molar-refractivity contribution in [2.75, 3.05) is 31.2 Å². The summed E-state index contributed by atoms with van der Waals surface area (Å²) < 4.78 is 37.4. The van der Waals surface area contributed by atoms with Crippen LogP contribution in [-0.4, -0.2) is 50.8 Å². The molecule has 166 valence electrons. The van der Waals surface area contributed by atoms with Gasteiger partial charge in [-0.05, 0) is 17.7 Å². The highest BCUT2D eigenvalue weighted by Gasteiger charge is 2.23. The van der Waals surface area contributed by atoms with Gasteiger partial charge in [-0.25, -0.2) is 14.4 Å². The lowest BCUT2D eigenvalue weighted by molar-refractivity contribution is 0.122. The smallest absolute Gasteiger partial charge is 0.322 e. The van der Waals surface area contributed by atoms with Crippen LogP contribution in [-0.2, 0) is 28.3 Å². The average molecular weight is 474 g/mol. The van der Waals surface area contributed by atoms with Crippen LogP contribution in [0.2, 0.25) is 0 Å². The van der Waals surface area contributed by atoms with E-state index in [1.165, 1.54) is 12.1 Å². The highest BCUT2D eigenvalue weighted by atomic mass is 32.2. The molecule has 1 N–H and O–H groups in total. The number of H-pyrrole nitrogens is 1. The number of fused-ring (bicyclic) bond motifs is 1. The summed E-state index contributed by atoms with van der Waals surface area (Å²) in [5.74, 6) is 1.44. The van der Waals surface area contributed by atoms with Crippen LogP contribution in [0.3, 0.4) is 0 Å². The normalized spacial score (nSPS) is 15.2. The van der Waals surface area contributed by atoms with Crippen molar-refractivity contribution >= 4 is 39.4 Å². The Balaban J connectivity index is 1.36. The van der Waals surface area contributed by atoms with Gasteiger partial charge in [-0.15, -0.1) is 11.3 Å². The first-order chi connectivity index (χ1) is 15.7. The first-order valence-corrected chi connectivity index (χ1v) is 12.3. The number of benzene rings is 1. The van der Waals surface area contributed by atoms with Gasteiger partial charge in [-0.1, -0.05) is 12.1 Å². The number of aromatic nitrogens is 4. The van der Waals surface area contributed by atoms with Crippen LogP contribution < -0.4 is 9.64 Å². The van der Waals surface area contributed by atoms with Gasteiger partial charge >= 0.3 is 5.16 Å². The van der Waals surface area contributed by atoms with Crippen LogP contribution in [0, 0.1) is 5.82 Å². The number of thiophene rings is 1. The number of hydrogen-bond acceptors (Lipinski definition) is 8. The molecule has 0 saturated carbocycles. The Kier molecular flexibility index (Phi) is 6.21. The number of aromatic amines is 1. The van der Waals surface area contributed by atoms with E-state index < -0.39 is 11.2 Å². The molecule has 32 heavy (non-hydrogen) atoms. The molecular formula is C21H20FN5O3S2.